The summed E-state index contributed by atoms with van der Waals surface area (Å²) in [5.41, 5.74) is 5.96. The van der Waals surface area contributed by atoms with Crippen LogP contribution in [0.1, 0.15) is 0 Å². The van der Waals surface area contributed by atoms with E-state index in [1.807, 2.05) is 24.3 Å². The monoisotopic (exact) mass is 403 g/mol. The molecule has 0 bridgehead atoms. The maximum absolute atomic E-state index is 13.3. The smallest absolute Gasteiger partial charge is 0.224 e. The molecule has 3 N–H and O–H groups in total. The van der Waals surface area contributed by atoms with Gasteiger partial charge in [0.25, 0.3) is 0 Å². The molecular weight excluding hydrogens is 386 g/mol. The van der Waals surface area contributed by atoms with Gasteiger partial charge in [0.15, 0.2) is 5.03 Å². The molecule has 0 fully saturated rings. The van der Waals surface area contributed by atoms with Gasteiger partial charge in [-0.2, -0.15) is 5.10 Å². The highest BCUT2D eigenvalue weighted by Crippen LogP contribution is 2.32. The zero-order valence-electron chi connectivity index (χ0n) is 14.3. The van der Waals surface area contributed by atoms with Crippen molar-refractivity contribution >= 4 is 43.9 Å². The predicted octanol–water partition coefficient (Wildman–Crippen LogP) is 3.31. The van der Waals surface area contributed by atoms with Crippen LogP contribution in [-0.2, 0) is 9.84 Å². The summed E-state index contributed by atoms with van der Waals surface area (Å²) in [7, 11) is -3.76. The Morgan fingerprint density at radius 2 is 1.78 bits per heavy atom. The highest BCUT2D eigenvalue weighted by atomic mass is 35.5. The second-order valence-electron chi connectivity index (χ2n) is 5.85. The third-order valence-electron chi connectivity index (χ3n) is 4.19. The molecule has 3 aromatic carbocycles. The van der Waals surface area contributed by atoms with E-state index in [0.29, 0.717) is 35.2 Å². The van der Waals surface area contributed by atoms with E-state index in [1.54, 1.807) is 36.4 Å². The summed E-state index contributed by atoms with van der Waals surface area (Å²) in [5.74, 6) is 0.601. The van der Waals surface area contributed by atoms with Crippen molar-refractivity contribution < 1.29 is 13.2 Å². The van der Waals surface area contributed by atoms with Crippen molar-refractivity contribution in [1.82, 2.24) is 10.2 Å². The van der Waals surface area contributed by atoms with E-state index in [-0.39, 0.29) is 22.3 Å². The molecule has 0 saturated heterocycles. The minimum absolute atomic E-state index is 0. The molecular formula is C19H18ClN3O3S. The van der Waals surface area contributed by atoms with Gasteiger partial charge in [0.2, 0.25) is 9.84 Å². The van der Waals surface area contributed by atoms with Crippen molar-refractivity contribution in [2.24, 2.45) is 5.73 Å². The van der Waals surface area contributed by atoms with Crippen molar-refractivity contribution in [3.63, 3.8) is 0 Å². The van der Waals surface area contributed by atoms with E-state index >= 15 is 0 Å². The summed E-state index contributed by atoms with van der Waals surface area (Å²) in [6.45, 7) is 0.788. The SMILES string of the molecule is Cl.NCCOc1ccc2c(S(=O)(=O)c3cccc4ccccc34)[nH]nc2c1. The molecule has 6 nitrogen and oxygen atoms in total. The fourth-order valence-corrected chi connectivity index (χ4v) is 4.56. The number of benzene rings is 3. The molecule has 4 rings (SSSR count). The Balaban J connectivity index is 0.00000210. The normalized spacial score (nSPS) is 11.4. The Morgan fingerprint density at radius 3 is 2.59 bits per heavy atom. The Hall–Kier alpha value is -2.61. The van der Waals surface area contributed by atoms with Gasteiger partial charge in [-0.05, 0) is 23.6 Å². The summed E-state index contributed by atoms with van der Waals surface area (Å²) in [5, 5.41) is 8.98. The number of nitrogens with one attached hydrogen (secondary N) is 1. The van der Waals surface area contributed by atoms with Crippen LogP contribution in [0.15, 0.2) is 70.6 Å². The van der Waals surface area contributed by atoms with Gasteiger partial charge >= 0.3 is 0 Å². The summed E-state index contributed by atoms with van der Waals surface area (Å²) < 4.78 is 32.0. The molecule has 0 aliphatic rings. The van der Waals surface area contributed by atoms with Crippen LogP contribution in [0.4, 0.5) is 0 Å². The first-order chi connectivity index (χ1) is 12.6. The first-order valence-corrected chi connectivity index (χ1v) is 9.63. The lowest BCUT2D eigenvalue weighted by Crippen LogP contribution is -2.10. The van der Waals surface area contributed by atoms with Gasteiger partial charge in [-0.3, -0.25) is 5.10 Å². The fraction of sp³-hybridized carbons (Fsp3) is 0.105. The number of aromatic amines is 1. The molecule has 27 heavy (non-hydrogen) atoms. The van der Waals surface area contributed by atoms with Gasteiger partial charge in [0, 0.05) is 23.4 Å². The van der Waals surface area contributed by atoms with Gasteiger partial charge in [-0.1, -0.05) is 36.4 Å². The van der Waals surface area contributed by atoms with Crippen molar-refractivity contribution in [3.05, 3.63) is 60.7 Å². The number of H-pyrrole nitrogens is 1. The van der Waals surface area contributed by atoms with Crippen molar-refractivity contribution in [2.45, 2.75) is 9.92 Å². The van der Waals surface area contributed by atoms with Gasteiger partial charge in [0.05, 0.1) is 10.4 Å². The largest absolute Gasteiger partial charge is 0.492 e. The van der Waals surface area contributed by atoms with Crippen LogP contribution in [0.5, 0.6) is 5.75 Å². The quantitative estimate of drug-likeness (QED) is 0.532. The van der Waals surface area contributed by atoms with Crippen molar-refractivity contribution in [2.75, 3.05) is 13.2 Å². The number of aromatic nitrogens is 2. The molecule has 0 amide bonds. The van der Waals surface area contributed by atoms with Crippen molar-refractivity contribution in [1.29, 1.82) is 0 Å². The fourth-order valence-electron chi connectivity index (χ4n) is 2.98. The maximum Gasteiger partial charge on any atom is 0.224 e. The number of sulfone groups is 1. The summed E-state index contributed by atoms with van der Waals surface area (Å²) >= 11 is 0. The predicted molar refractivity (Wildman–Crippen MR) is 107 cm³/mol. The van der Waals surface area contributed by atoms with Gasteiger partial charge in [-0.25, -0.2) is 8.42 Å². The molecule has 1 heterocycles. The van der Waals surface area contributed by atoms with Crippen LogP contribution < -0.4 is 10.5 Å². The second-order valence-corrected chi connectivity index (χ2v) is 7.70. The number of nitrogens with zero attached hydrogens (tertiary/aromatic N) is 1. The third kappa shape index (κ3) is 3.37. The molecule has 0 aliphatic heterocycles. The molecule has 0 saturated carbocycles. The molecule has 140 valence electrons. The molecule has 4 aromatic rings. The summed E-state index contributed by atoms with van der Waals surface area (Å²) in [6.07, 6.45) is 0. The zero-order valence-corrected chi connectivity index (χ0v) is 15.9. The minimum Gasteiger partial charge on any atom is -0.492 e. The van der Waals surface area contributed by atoms with Crippen LogP contribution in [0.25, 0.3) is 21.7 Å². The van der Waals surface area contributed by atoms with Crippen LogP contribution in [-0.4, -0.2) is 31.8 Å². The maximum atomic E-state index is 13.3. The number of fused-ring (bicyclic) bond motifs is 2. The molecule has 0 atom stereocenters. The molecule has 0 spiro atoms. The Kier molecular flexibility index (Phi) is 5.36. The van der Waals surface area contributed by atoms with Crippen molar-refractivity contribution in [3.8, 4) is 5.75 Å². The van der Waals surface area contributed by atoms with Crippen LogP contribution in [0.2, 0.25) is 0 Å². The molecule has 0 aliphatic carbocycles. The first kappa shape index (κ1) is 19.2. The standard InChI is InChI=1S/C19H17N3O3S.ClH/c20-10-11-25-14-8-9-16-17(12-14)21-22-19(16)26(23,24)18-7-3-5-13-4-1-2-6-15(13)18;/h1-9,12H,10-11,20H2,(H,21,22);1H. The second kappa shape index (κ2) is 7.56. The number of hydrogen-bond donors (Lipinski definition) is 2. The Labute approximate surface area is 162 Å². The molecule has 0 unspecified atom stereocenters. The average molecular weight is 404 g/mol. The van der Waals surface area contributed by atoms with E-state index in [9.17, 15) is 8.42 Å². The lowest BCUT2D eigenvalue weighted by atomic mass is 10.1. The van der Waals surface area contributed by atoms with Gasteiger partial charge in [0.1, 0.15) is 12.4 Å². The number of nitrogens with two attached hydrogens (primary N) is 1. The summed E-state index contributed by atoms with van der Waals surface area (Å²) in [6, 6.07) is 17.8. The first-order valence-electron chi connectivity index (χ1n) is 8.15. The number of hydrogen-bond acceptors (Lipinski definition) is 5. The van der Waals surface area contributed by atoms with Crippen LogP contribution in [0, 0.1) is 0 Å². The van der Waals surface area contributed by atoms with Gasteiger partial charge in [-0.15, -0.1) is 12.4 Å². The summed E-state index contributed by atoms with van der Waals surface area (Å²) in [4.78, 5) is 0.254. The van der Waals surface area contributed by atoms with Crippen LogP contribution in [0.3, 0.4) is 0 Å². The average Bonchev–Trinajstić information content (AvgIpc) is 3.10. The minimum atomic E-state index is -3.76. The Bertz CT molecular complexity index is 1200. The van der Waals surface area contributed by atoms with Crippen LogP contribution >= 0.6 is 12.4 Å². The highest BCUT2D eigenvalue weighted by molar-refractivity contribution is 7.91. The molecule has 0 radical (unpaired) electrons. The topological polar surface area (TPSA) is 98.1 Å². The van der Waals surface area contributed by atoms with E-state index in [4.69, 9.17) is 10.5 Å². The number of ether oxygens (including phenoxy) is 1. The van der Waals surface area contributed by atoms with E-state index < -0.39 is 9.84 Å². The molecule has 8 heteroatoms. The van der Waals surface area contributed by atoms with E-state index in [0.717, 1.165) is 5.39 Å². The van der Waals surface area contributed by atoms with Gasteiger partial charge < -0.3 is 10.5 Å². The number of halogens is 1. The third-order valence-corrected chi connectivity index (χ3v) is 5.97. The number of rotatable bonds is 5. The highest BCUT2D eigenvalue weighted by Gasteiger charge is 2.25. The molecule has 1 aromatic heterocycles. The van der Waals surface area contributed by atoms with E-state index in [1.165, 1.54) is 0 Å². The zero-order chi connectivity index (χ0) is 18.1. The van der Waals surface area contributed by atoms with E-state index in [2.05, 4.69) is 10.2 Å². The lowest BCUT2D eigenvalue weighted by molar-refractivity contribution is 0.328. The lowest BCUT2D eigenvalue weighted by Gasteiger charge is -2.07. The Morgan fingerprint density at radius 1 is 1.00 bits per heavy atom.